The van der Waals surface area contributed by atoms with Crippen molar-refractivity contribution >= 4 is 23.2 Å². The van der Waals surface area contributed by atoms with Crippen LogP contribution in [0.5, 0.6) is 0 Å². The van der Waals surface area contributed by atoms with Gasteiger partial charge in [-0.2, -0.15) is 0 Å². The minimum atomic E-state index is -0.304. The molecule has 12 heavy (non-hydrogen) atoms. The van der Waals surface area contributed by atoms with Crippen molar-refractivity contribution in [2.24, 2.45) is 5.73 Å². The van der Waals surface area contributed by atoms with Gasteiger partial charge in [-0.15, -0.1) is 0 Å². The molecule has 64 valence electrons. The molecule has 0 spiro atoms. The van der Waals surface area contributed by atoms with Crippen molar-refractivity contribution in [2.75, 3.05) is 0 Å². The summed E-state index contributed by atoms with van der Waals surface area (Å²) in [5.41, 5.74) is 6.36. The van der Waals surface area contributed by atoms with Crippen LogP contribution >= 0.6 is 23.2 Å². The normalized spacial score (nSPS) is 19.2. The molecular weight excluding hydrogens is 195 g/mol. The Morgan fingerprint density at radius 3 is 2.58 bits per heavy atom. The lowest BCUT2D eigenvalue weighted by Crippen LogP contribution is -2.20. The van der Waals surface area contributed by atoms with Crippen molar-refractivity contribution in [2.45, 2.75) is 18.4 Å². The standard InChI is InChI=1S/C8H8Cl2N2/c9-5-1-2-6(10)12-7(5)8(11)3-4-8/h1-2H,3-4,11H2. The Hall–Kier alpha value is -0.310. The van der Waals surface area contributed by atoms with E-state index in [4.69, 9.17) is 28.9 Å². The maximum absolute atomic E-state index is 5.93. The van der Waals surface area contributed by atoms with Gasteiger partial charge in [-0.1, -0.05) is 23.2 Å². The van der Waals surface area contributed by atoms with Gasteiger partial charge in [-0.25, -0.2) is 4.98 Å². The summed E-state index contributed by atoms with van der Waals surface area (Å²) in [6.45, 7) is 0. The Bertz CT molecular complexity index is 321. The number of hydrogen-bond acceptors (Lipinski definition) is 2. The van der Waals surface area contributed by atoms with Gasteiger partial charge in [0, 0.05) is 0 Å². The number of nitrogens with two attached hydrogens (primary N) is 1. The number of pyridine rings is 1. The van der Waals surface area contributed by atoms with Crippen molar-refractivity contribution in [3.8, 4) is 0 Å². The predicted molar refractivity (Wildman–Crippen MR) is 49.4 cm³/mol. The average molecular weight is 203 g/mol. The van der Waals surface area contributed by atoms with Crippen molar-refractivity contribution in [3.05, 3.63) is 28.0 Å². The Morgan fingerprint density at radius 2 is 2.00 bits per heavy atom. The summed E-state index contributed by atoms with van der Waals surface area (Å²) in [7, 11) is 0. The first-order valence-electron chi connectivity index (χ1n) is 3.73. The van der Waals surface area contributed by atoms with Gasteiger partial charge >= 0.3 is 0 Å². The van der Waals surface area contributed by atoms with Crippen LogP contribution in [-0.2, 0) is 5.54 Å². The number of nitrogens with zero attached hydrogens (tertiary/aromatic N) is 1. The largest absolute Gasteiger partial charge is 0.320 e. The molecule has 0 aliphatic heterocycles. The van der Waals surface area contributed by atoms with Crippen LogP contribution in [0.1, 0.15) is 18.5 Å². The molecule has 0 radical (unpaired) electrons. The maximum Gasteiger partial charge on any atom is 0.129 e. The van der Waals surface area contributed by atoms with E-state index >= 15 is 0 Å². The van der Waals surface area contributed by atoms with Gasteiger partial charge in [0.2, 0.25) is 0 Å². The summed E-state index contributed by atoms with van der Waals surface area (Å²) in [4.78, 5) is 4.11. The summed E-state index contributed by atoms with van der Waals surface area (Å²) >= 11 is 11.6. The van der Waals surface area contributed by atoms with Gasteiger partial charge in [-0.3, -0.25) is 0 Å². The molecule has 2 N–H and O–H groups in total. The highest BCUT2D eigenvalue weighted by atomic mass is 35.5. The van der Waals surface area contributed by atoms with E-state index in [0.29, 0.717) is 10.2 Å². The van der Waals surface area contributed by atoms with Gasteiger partial charge in [0.25, 0.3) is 0 Å². The monoisotopic (exact) mass is 202 g/mol. The van der Waals surface area contributed by atoms with E-state index in [1.54, 1.807) is 12.1 Å². The third-order valence-electron chi connectivity index (χ3n) is 2.07. The fraction of sp³-hybridized carbons (Fsp3) is 0.375. The van der Waals surface area contributed by atoms with Crippen LogP contribution in [0.3, 0.4) is 0 Å². The average Bonchev–Trinajstić information content (AvgIpc) is 2.75. The Labute approximate surface area is 80.7 Å². The van der Waals surface area contributed by atoms with Crippen LogP contribution in [0, 0.1) is 0 Å². The molecule has 0 unspecified atom stereocenters. The lowest BCUT2D eigenvalue weighted by Gasteiger charge is -2.09. The van der Waals surface area contributed by atoms with Gasteiger partial charge in [-0.05, 0) is 25.0 Å². The molecule has 1 aliphatic carbocycles. The van der Waals surface area contributed by atoms with E-state index in [-0.39, 0.29) is 5.54 Å². The Balaban J connectivity index is 2.48. The van der Waals surface area contributed by atoms with E-state index in [9.17, 15) is 0 Å². The zero-order chi connectivity index (χ0) is 8.77. The second-order valence-electron chi connectivity index (χ2n) is 3.12. The van der Waals surface area contributed by atoms with Gasteiger partial charge in [0.05, 0.1) is 16.3 Å². The minimum absolute atomic E-state index is 0.304. The van der Waals surface area contributed by atoms with E-state index < -0.39 is 0 Å². The van der Waals surface area contributed by atoms with Crippen LogP contribution in [0.2, 0.25) is 10.2 Å². The maximum atomic E-state index is 5.93. The molecule has 1 saturated carbocycles. The molecule has 0 bridgehead atoms. The summed E-state index contributed by atoms with van der Waals surface area (Å²) in [5, 5.41) is 1.06. The first-order valence-corrected chi connectivity index (χ1v) is 4.49. The summed E-state index contributed by atoms with van der Waals surface area (Å²) in [5.74, 6) is 0. The highest BCUT2D eigenvalue weighted by Crippen LogP contribution is 2.44. The van der Waals surface area contributed by atoms with Crippen molar-refractivity contribution < 1.29 is 0 Å². The molecular formula is C8H8Cl2N2. The number of aromatic nitrogens is 1. The topological polar surface area (TPSA) is 38.9 Å². The zero-order valence-electron chi connectivity index (χ0n) is 6.35. The molecule has 1 aliphatic rings. The number of hydrogen-bond donors (Lipinski definition) is 1. The molecule has 0 amide bonds. The van der Waals surface area contributed by atoms with Crippen LogP contribution < -0.4 is 5.73 Å². The van der Waals surface area contributed by atoms with Crippen molar-refractivity contribution in [3.63, 3.8) is 0 Å². The van der Waals surface area contributed by atoms with E-state index in [1.807, 2.05) is 0 Å². The predicted octanol–water partition coefficient (Wildman–Crippen LogP) is 2.34. The molecule has 2 nitrogen and oxygen atoms in total. The fourth-order valence-corrected chi connectivity index (χ4v) is 1.58. The van der Waals surface area contributed by atoms with Gasteiger partial charge in [0.1, 0.15) is 5.15 Å². The van der Waals surface area contributed by atoms with Crippen LogP contribution in [0.15, 0.2) is 12.1 Å². The third kappa shape index (κ3) is 1.30. The first-order chi connectivity index (χ1) is 5.62. The van der Waals surface area contributed by atoms with E-state index in [0.717, 1.165) is 18.5 Å². The molecule has 1 fully saturated rings. The summed E-state index contributed by atoms with van der Waals surface area (Å²) in [6.07, 6.45) is 1.89. The highest BCUT2D eigenvalue weighted by Gasteiger charge is 2.43. The molecule has 0 atom stereocenters. The smallest absolute Gasteiger partial charge is 0.129 e. The lowest BCUT2D eigenvalue weighted by molar-refractivity contribution is 0.708. The van der Waals surface area contributed by atoms with Gasteiger partial charge < -0.3 is 5.73 Å². The molecule has 0 saturated heterocycles. The molecule has 1 heterocycles. The van der Waals surface area contributed by atoms with E-state index in [2.05, 4.69) is 4.98 Å². The SMILES string of the molecule is NC1(c2nc(Cl)ccc2Cl)CC1. The van der Waals surface area contributed by atoms with Crippen LogP contribution in [0.4, 0.5) is 0 Å². The van der Waals surface area contributed by atoms with Crippen LogP contribution in [0.25, 0.3) is 0 Å². The quantitative estimate of drug-likeness (QED) is 0.711. The molecule has 1 aromatic rings. The fourth-order valence-electron chi connectivity index (χ4n) is 1.14. The lowest BCUT2D eigenvalue weighted by atomic mass is 10.2. The molecule has 1 aromatic heterocycles. The highest BCUT2D eigenvalue weighted by molar-refractivity contribution is 6.32. The second kappa shape index (κ2) is 2.59. The first kappa shape index (κ1) is 8.30. The Morgan fingerprint density at radius 1 is 1.33 bits per heavy atom. The second-order valence-corrected chi connectivity index (χ2v) is 3.91. The molecule has 4 heteroatoms. The summed E-state index contributed by atoms with van der Waals surface area (Å²) < 4.78 is 0. The third-order valence-corrected chi connectivity index (χ3v) is 2.59. The van der Waals surface area contributed by atoms with Crippen molar-refractivity contribution in [1.82, 2.24) is 4.98 Å². The van der Waals surface area contributed by atoms with E-state index in [1.165, 1.54) is 0 Å². The minimum Gasteiger partial charge on any atom is -0.320 e. The number of halogens is 2. The van der Waals surface area contributed by atoms with Crippen LogP contribution in [-0.4, -0.2) is 4.98 Å². The molecule has 2 rings (SSSR count). The summed E-state index contributed by atoms with van der Waals surface area (Å²) in [6, 6.07) is 3.40. The van der Waals surface area contributed by atoms with Gasteiger partial charge in [0.15, 0.2) is 0 Å². The number of rotatable bonds is 1. The van der Waals surface area contributed by atoms with Crippen molar-refractivity contribution in [1.29, 1.82) is 0 Å². The molecule has 0 aromatic carbocycles. The Kier molecular flexibility index (Phi) is 1.79. The zero-order valence-corrected chi connectivity index (χ0v) is 7.86.